The fourth-order valence-corrected chi connectivity index (χ4v) is 2.89. The highest BCUT2D eigenvalue weighted by molar-refractivity contribution is 7.98. The van der Waals surface area contributed by atoms with Crippen molar-refractivity contribution >= 4 is 23.4 Å². The molecule has 0 fully saturated rings. The number of hydrogen-bond donors (Lipinski definition) is 1. The van der Waals surface area contributed by atoms with E-state index in [-0.39, 0.29) is 5.91 Å². The number of amides is 1. The summed E-state index contributed by atoms with van der Waals surface area (Å²) in [6.45, 7) is 0. The van der Waals surface area contributed by atoms with Crippen LogP contribution in [0.4, 0.5) is 5.69 Å². The summed E-state index contributed by atoms with van der Waals surface area (Å²) in [7, 11) is 1.59. The van der Waals surface area contributed by atoms with Gasteiger partial charge in [0.25, 0.3) is 5.91 Å². The zero-order valence-electron chi connectivity index (χ0n) is 12.9. The maximum atomic E-state index is 12.4. The molecule has 0 spiro atoms. The van der Waals surface area contributed by atoms with Crippen molar-refractivity contribution in [3.8, 4) is 5.75 Å². The molecule has 0 aliphatic carbocycles. The molecular formula is C17H15N3O3S. The molecule has 0 unspecified atom stereocenters. The van der Waals surface area contributed by atoms with Crippen molar-refractivity contribution in [3.05, 3.63) is 66.3 Å². The van der Waals surface area contributed by atoms with Crippen LogP contribution in [0.1, 0.15) is 16.2 Å². The summed E-state index contributed by atoms with van der Waals surface area (Å²) in [5.74, 6) is 1.70. The third-order valence-electron chi connectivity index (χ3n) is 3.25. The normalized spacial score (nSPS) is 10.4. The van der Waals surface area contributed by atoms with E-state index in [9.17, 15) is 4.79 Å². The maximum Gasteiger partial charge on any atom is 0.255 e. The second-order valence-electron chi connectivity index (χ2n) is 4.81. The van der Waals surface area contributed by atoms with Gasteiger partial charge in [-0.2, -0.15) is 4.98 Å². The van der Waals surface area contributed by atoms with Crippen LogP contribution in [0.5, 0.6) is 5.75 Å². The number of nitrogens with zero attached hydrogens (tertiary/aromatic N) is 2. The van der Waals surface area contributed by atoms with E-state index in [0.717, 1.165) is 10.6 Å². The average molecular weight is 341 g/mol. The summed E-state index contributed by atoms with van der Waals surface area (Å²) in [6, 6.07) is 14.6. The SMILES string of the molecule is COc1ccc(C(=O)Nc2ccccc2SCc2ncon2)cc1. The third kappa shape index (κ3) is 3.94. The van der Waals surface area contributed by atoms with Gasteiger partial charge in [0.1, 0.15) is 5.75 Å². The van der Waals surface area contributed by atoms with Crippen LogP contribution >= 0.6 is 11.8 Å². The van der Waals surface area contributed by atoms with E-state index in [1.807, 2.05) is 24.3 Å². The molecule has 1 N–H and O–H groups in total. The lowest BCUT2D eigenvalue weighted by molar-refractivity contribution is 0.102. The second-order valence-corrected chi connectivity index (χ2v) is 5.83. The van der Waals surface area contributed by atoms with Crippen LogP contribution in [-0.4, -0.2) is 23.2 Å². The van der Waals surface area contributed by atoms with Gasteiger partial charge in [0, 0.05) is 10.5 Å². The van der Waals surface area contributed by atoms with Crippen molar-refractivity contribution in [3.63, 3.8) is 0 Å². The monoisotopic (exact) mass is 341 g/mol. The van der Waals surface area contributed by atoms with E-state index in [2.05, 4.69) is 15.5 Å². The Morgan fingerprint density at radius 1 is 1.21 bits per heavy atom. The Hall–Kier alpha value is -2.80. The lowest BCUT2D eigenvalue weighted by Crippen LogP contribution is -2.12. The van der Waals surface area contributed by atoms with Gasteiger partial charge in [-0.15, -0.1) is 11.8 Å². The van der Waals surface area contributed by atoms with Crippen LogP contribution in [0.2, 0.25) is 0 Å². The number of aromatic nitrogens is 2. The standard InChI is InChI=1S/C17H15N3O3S/c1-22-13-8-6-12(7-9-13)17(21)19-14-4-2-3-5-15(14)24-10-16-18-11-23-20-16/h2-9,11H,10H2,1H3,(H,19,21). The van der Waals surface area contributed by atoms with E-state index in [1.165, 1.54) is 18.2 Å². The van der Waals surface area contributed by atoms with Gasteiger partial charge < -0.3 is 14.6 Å². The molecule has 0 saturated heterocycles. The molecule has 3 rings (SSSR count). The van der Waals surface area contributed by atoms with E-state index in [4.69, 9.17) is 9.26 Å². The van der Waals surface area contributed by atoms with Gasteiger partial charge in [-0.1, -0.05) is 17.3 Å². The number of methoxy groups -OCH3 is 1. The summed E-state index contributed by atoms with van der Waals surface area (Å²) >= 11 is 1.53. The van der Waals surface area contributed by atoms with Crippen LogP contribution in [0.15, 0.2) is 64.3 Å². The zero-order chi connectivity index (χ0) is 16.8. The van der Waals surface area contributed by atoms with Crippen molar-refractivity contribution in [2.45, 2.75) is 10.6 Å². The number of ether oxygens (including phenoxy) is 1. The lowest BCUT2D eigenvalue weighted by atomic mass is 10.2. The predicted octanol–water partition coefficient (Wildman–Crippen LogP) is 3.62. The molecule has 122 valence electrons. The van der Waals surface area contributed by atoms with Gasteiger partial charge in [0.2, 0.25) is 6.39 Å². The first-order valence-corrected chi connectivity index (χ1v) is 8.17. The molecule has 0 radical (unpaired) electrons. The summed E-state index contributed by atoms with van der Waals surface area (Å²) in [6.07, 6.45) is 1.30. The van der Waals surface area contributed by atoms with Crippen LogP contribution in [-0.2, 0) is 5.75 Å². The molecule has 1 amide bonds. The smallest absolute Gasteiger partial charge is 0.255 e. The van der Waals surface area contributed by atoms with E-state index in [0.29, 0.717) is 22.9 Å². The van der Waals surface area contributed by atoms with Crippen molar-refractivity contribution in [1.82, 2.24) is 10.1 Å². The fraction of sp³-hybridized carbons (Fsp3) is 0.118. The van der Waals surface area contributed by atoms with Gasteiger partial charge in [-0.25, -0.2) is 0 Å². The average Bonchev–Trinajstić information content (AvgIpc) is 3.14. The minimum atomic E-state index is -0.176. The van der Waals surface area contributed by atoms with Gasteiger partial charge in [-0.05, 0) is 36.4 Å². The second kappa shape index (κ2) is 7.65. The topological polar surface area (TPSA) is 77.2 Å². The highest BCUT2D eigenvalue weighted by Gasteiger charge is 2.10. The van der Waals surface area contributed by atoms with Gasteiger partial charge in [0.05, 0.1) is 18.6 Å². The number of rotatable bonds is 6. The number of benzene rings is 2. The molecule has 1 heterocycles. The van der Waals surface area contributed by atoms with E-state index < -0.39 is 0 Å². The number of anilines is 1. The number of carbonyl (C=O) groups excluding carboxylic acids is 1. The molecule has 0 aliphatic heterocycles. The molecule has 0 bridgehead atoms. The number of thioether (sulfide) groups is 1. The molecular weight excluding hydrogens is 326 g/mol. The van der Waals surface area contributed by atoms with Crippen molar-refractivity contribution < 1.29 is 14.1 Å². The molecule has 0 aliphatic rings. The van der Waals surface area contributed by atoms with E-state index >= 15 is 0 Å². The highest BCUT2D eigenvalue weighted by Crippen LogP contribution is 2.29. The molecule has 3 aromatic rings. The van der Waals surface area contributed by atoms with Crippen molar-refractivity contribution in [1.29, 1.82) is 0 Å². The largest absolute Gasteiger partial charge is 0.497 e. The Kier molecular flexibility index (Phi) is 5.12. The molecule has 24 heavy (non-hydrogen) atoms. The maximum absolute atomic E-state index is 12.4. The summed E-state index contributed by atoms with van der Waals surface area (Å²) < 4.78 is 9.82. The first-order valence-electron chi connectivity index (χ1n) is 7.19. The van der Waals surface area contributed by atoms with Crippen LogP contribution in [0, 0.1) is 0 Å². The van der Waals surface area contributed by atoms with Crippen LogP contribution in [0.3, 0.4) is 0 Å². The minimum Gasteiger partial charge on any atom is -0.497 e. The summed E-state index contributed by atoms with van der Waals surface area (Å²) in [4.78, 5) is 17.3. The highest BCUT2D eigenvalue weighted by atomic mass is 32.2. The molecule has 2 aromatic carbocycles. The van der Waals surface area contributed by atoms with Gasteiger partial charge >= 0.3 is 0 Å². The zero-order valence-corrected chi connectivity index (χ0v) is 13.7. The fourth-order valence-electron chi connectivity index (χ4n) is 2.03. The Bertz CT molecular complexity index is 804. The Balaban J connectivity index is 1.70. The molecule has 0 saturated carbocycles. The third-order valence-corrected chi connectivity index (χ3v) is 4.32. The number of carbonyl (C=O) groups is 1. The predicted molar refractivity (Wildman–Crippen MR) is 91.2 cm³/mol. The van der Waals surface area contributed by atoms with Crippen LogP contribution in [0.25, 0.3) is 0 Å². The molecule has 6 nitrogen and oxygen atoms in total. The summed E-state index contributed by atoms with van der Waals surface area (Å²) in [5, 5.41) is 6.71. The van der Waals surface area contributed by atoms with Gasteiger partial charge in [0.15, 0.2) is 5.82 Å². The Labute approximate surface area is 143 Å². The molecule has 7 heteroatoms. The van der Waals surface area contributed by atoms with Crippen LogP contribution < -0.4 is 10.1 Å². The van der Waals surface area contributed by atoms with Crippen molar-refractivity contribution in [2.75, 3.05) is 12.4 Å². The minimum absolute atomic E-state index is 0.176. The number of para-hydroxylation sites is 1. The molecule has 0 atom stereocenters. The quantitative estimate of drug-likeness (QED) is 0.690. The number of hydrogen-bond acceptors (Lipinski definition) is 6. The lowest BCUT2D eigenvalue weighted by Gasteiger charge is -2.10. The number of nitrogens with one attached hydrogen (secondary N) is 1. The van der Waals surface area contributed by atoms with E-state index in [1.54, 1.807) is 31.4 Å². The first-order chi connectivity index (χ1) is 11.8. The van der Waals surface area contributed by atoms with Gasteiger partial charge in [-0.3, -0.25) is 4.79 Å². The Morgan fingerprint density at radius 3 is 2.71 bits per heavy atom. The summed E-state index contributed by atoms with van der Waals surface area (Å²) in [5.41, 5.74) is 1.31. The Morgan fingerprint density at radius 2 is 2.00 bits per heavy atom. The van der Waals surface area contributed by atoms with Crippen molar-refractivity contribution in [2.24, 2.45) is 0 Å². The molecule has 1 aromatic heterocycles. The first kappa shape index (κ1) is 16.1.